The summed E-state index contributed by atoms with van der Waals surface area (Å²) in [5.74, 6) is 1.55. The molecule has 2 atom stereocenters. The van der Waals surface area contributed by atoms with Crippen LogP contribution in [0.5, 0.6) is 0 Å². The zero-order valence-electron chi connectivity index (χ0n) is 8.56. The molecule has 3 rings (SSSR count). The van der Waals surface area contributed by atoms with Gasteiger partial charge in [0, 0.05) is 0 Å². The summed E-state index contributed by atoms with van der Waals surface area (Å²) in [5.41, 5.74) is 0.665. The summed E-state index contributed by atoms with van der Waals surface area (Å²) in [5, 5.41) is 0. The molecular formula is C13H14O2. The summed E-state index contributed by atoms with van der Waals surface area (Å²) in [4.78, 5) is 11.7. The SMILES string of the molecule is O=C(OC1CC2CC2C1)c1ccccc1. The molecule has 0 radical (unpaired) electrons. The smallest absolute Gasteiger partial charge is 0.338 e. The molecule has 0 amide bonds. The summed E-state index contributed by atoms with van der Waals surface area (Å²) in [6.07, 6.45) is 3.72. The topological polar surface area (TPSA) is 26.3 Å². The van der Waals surface area contributed by atoms with Crippen LogP contribution in [0, 0.1) is 11.8 Å². The fraction of sp³-hybridized carbons (Fsp3) is 0.462. The van der Waals surface area contributed by atoms with Gasteiger partial charge in [-0.15, -0.1) is 0 Å². The number of esters is 1. The Hall–Kier alpha value is -1.31. The molecule has 0 aromatic heterocycles. The Labute approximate surface area is 89.2 Å². The van der Waals surface area contributed by atoms with Crippen molar-refractivity contribution >= 4 is 5.97 Å². The number of rotatable bonds is 2. The molecular weight excluding hydrogens is 188 g/mol. The van der Waals surface area contributed by atoms with Crippen molar-refractivity contribution in [1.29, 1.82) is 0 Å². The normalized spacial score (nSPS) is 32.1. The summed E-state index contributed by atoms with van der Waals surface area (Å²) >= 11 is 0. The highest BCUT2D eigenvalue weighted by Gasteiger charge is 2.47. The van der Waals surface area contributed by atoms with Gasteiger partial charge in [-0.1, -0.05) is 18.2 Å². The zero-order chi connectivity index (χ0) is 10.3. The van der Waals surface area contributed by atoms with E-state index in [4.69, 9.17) is 4.74 Å². The van der Waals surface area contributed by atoms with Gasteiger partial charge in [0.1, 0.15) is 6.10 Å². The van der Waals surface area contributed by atoms with Crippen molar-refractivity contribution in [2.24, 2.45) is 11.8 Å². The molecule has 2 saturated carbocycles. The first-order valence-electron chi connectivity index (χ1n) is 5.59. The maximum atomic E-state index is 11.7. The van der Waals surface area contributed by atoms with Crippen LogP contribution in [0.3, 0.4) is 0 Å². The number of hydrogen-bond acceptors (Lipinski definition) is 2. The van der Waals surface area contributed by atoms with E-state index in [1.54, 1.807) is 12.1 Å². The van der Waals surface area contributed by atoms with Gasteiger partial charge in [0.05, 0.1) is 5.56 Å². The van der Waals surface area contributed by atoms with Crippen LogP contribution in [0.1, 0.15) is 29.6 Å². The third-order valence-corrected chi connectivity index (χ3v) is 3.48. The Morgan fingerprint density at radius 1 is 1.07 bits per heavy atom. The maximum Gasteiger partial charge on any atom is 0.338 e. The van der Waals surface area contributed by atoms with Crippen LogP contribution in [0.15, 0.2) is 30.3 Å². The third kappa shape index (κ3) is 1.76. The number of benzene rings is 1. The van der Waals surface area contributed by atoms with Gasteiger partial charge < -0.3 is 4.74 Å². The van der Waals surface area contributed by atoms with Crippen molar-refractivity contribution in [2.75, 3.05) is 0 Å². The average Bonchev–Trinajstić information content (AvgIpc) is 2.88. The standard InChI is InChI=1S/C13H14O2/c14-13(9-4-2-1-3-5-9)15-12-7-10-6-11(10)8-12/h1-5,10-12H,6-8H2. The van der Waals surface area contributed by atoms with Crippen molar-refractivity contribution in [3.05, 3.63) is 35.9 Å². The molecule has 0 heterocycles. The fourth-order valence-corrected chi connectivity index (χ4v) is 2.55. The van der Waals surface area contributed by atoms with E-state index in [9.17, 15) is 4.79 Å². The van der Waals surface area contributed by atoms with Gasteiger partial charge in [-0.05, 0) is 43.2 Å². The number of hydrogen-bond donors (Lipinski definition) is 0. The van der Waals surface area contributed by atoms with Crippen LogP contribution in [0.25, 0.3) is 0 Å². The van der Waals surface area contributed by atoms with Crippen molar-refractivity contribution in [1.82, 2.24) is 0 Å². The quantitative estimate of drug-likeness (QED) is 0.689. The Morgan fingerprint density at radius 3 is 2.40 bits per heavy atom. The molecule has 2 nitrogen and oxygen atoms in total. The van der Waals surface area contributed by atoms with Gasteiger partial charge in [-0.3, -0.25) is 0 Å². The molecule has 0 N–H and O–H groups in total. The van der Waals surface area contributed by atoms with Gasteiger partial charge >= 0.3 is 5.97 Å². The maximum absolute atomic E-state index is 11.7. The third-order valence-electron chi connectivity index (χ3n) is 3.48. The molecule has 2 unspecified atom stereocenters. The Kier molecular flexibility index (Phi) is 2.01. The van der Waals surface area contributed by atoms with Gasteiger partial charge in [-0.2, -0.15) is 0 Å². The van der Waals surface area contributed by atoms with E-state index in [1.807, 2.05) is 18.2 Å². The number of carbonyl (C=O) groups excluding carboxylic acids is 1. The lowest BCUT2D eigenvalue weighted by atomic mass is 10.2. The van der Waals surface area contributed by atoms with E-state index in [0.29, 0.717) is 5.56 Å². The fourth-order valence-electron chi connectivity index (χ4n) is 2.55. The molecule has 0 spiro atoms. The average molecular weight is 202 g/mol. The van der Waals surface area contributed by atoms with E-state index in [1.165, 1.54) is 6.42 Å². The molecule has 2 aliphatic carbocycles. The molecule has 0 bridgehead atoms. The van der Waals surface area contributed by atoms with E-state index < -0.39 is 0 Å². The van der Waals surface area contributed by atoms with Gasteiger partial charge in [0.25, 0.3) is 0 Å². The first-order valence-corrected chi connectivity index (χ1v) is 5.59. The van der Waals surface area contributed by atoms with Crippen LogP contribution in [0.4, 0.5) is 0 Å². The molecule has 78 valence electrons. The second kappa shape index (κ2) is 3.37. The predicted octanol–water partition coefficient (Wildman–Crippen LogP) is 2.64. The zero-order valence-corrected chi connectivity index (χ0v) is 8.56. The summed E-state index contributed by atoms with van der Waals surface area (Å²) in [7, 11) is 0. The van der Waals surface area contributed by atoms with Crippen LogP contribution >= 0.6 is 0 Å². The van der Waals surface area contributed by atoms with Gasteiger partial charge in [0.2, 0.25) is 0 Å². The molecule has 2 heteroatoms. The van der Waals surface area contributed by atoms with E-state index in [0.717, 1.165) is 24.7 Å². The van der Waals surface area contributed by atoms with Crippen LogP contribution in [0.2, 0.25) is 0 Å². The largest absolute Gasteiger partial charge is 0.459 e. The first kappa shape index (κ1) is 8.96. The Morgan fingerprint density at radius 2 is 1.73 bits per heavy atom. The highest BCUT2D eigenvalue weighted by Crippen LogP contribution is 2.52. The summed E-state index contributed by atoms with van der Waals surface area (Å²) in [6, 6.07) is 9.24. The van der Waals surface area contributed by atoms with E-state index >= 15 is 0 Å². The summed E-state index contributed by atoms with van der Waals surface area (Å²) < 4.78 is 5.46. The second-order valence-electron chi connectivity index (χ2n) is 4.62. The number of fused-ring (bicyclic) bond motifs is 1. The second-order valence-corrected chi connectivity index (χ2v) is 4.62. The molecule has 1 aromatic rings. The lowest BCUT2D eigenvalue weighted by Crippen LogP contribution is -2.16. The van der Waals surface area contributed by atoms with Crippen molar-refractivity contribution in [3.63, 3.8) is 0 Å². The van der Waals surface area contributed by atoms with E-state index in [2.05, 4.69) is 0 Å². The van der Waals surface area contributed by atoms with Gasteiger partial charge in [0.15, 0.2) is 0 Å². The summed E-state index contributed by atoms with van der Waals surface area (Å²) in [6.45, 7) is 0. The van der Waals surface area contributed by atoms with Crippen LogP contribution < -0.4 is 0 Å². The molecule has 1 aromatic carbocycles. The highest BCUT2D eigenvalue weighted by molar-refractivity contribution is 5.89. The lowest BCUT2D eigenvalue weighted by molar-refractivity contribution is 0.0291. The van der Waals surface area contributed by atoms with Crippen molar-refractivity contribution < 1.29 is 9.53 Å². The van der Waals surface area contributed by atoms with Crippen molar-refractivity contribution in [3.8, 4) is 0 Å². The number of ether oxygens (including phenoxy) is 1. The first-order chi connectivity index (χ1) is 7.33. The number of carbonyl (C=O) groups is 1. The Bertz CT molecular complexity index is 361. The van der Waals surface area contributed by atoms with E-state index in [-0.39, 0.29) is 12.1 Å². The molecule has 2 aliphatic rings. The molecule has 0 aliphatic heterocycles. The molecule has 15 heavy (non-hydrogen) atoms. The monoisotopic (exact) mass is 202 g/mol. The highest BCUT2D eigenvalue weighted by atomic mass is 16.5. The van der Waals surface area contributed by atoms with Crippen LogP contribution in [-0.4, -0.2) is 12.1 Å². The van der Waals surface area contributed by atoms with Crippen LogP contribution in [-0.2, 0) is 4.74 Å². The minimum absolute atomic E-state index is 0.165. The predicted molar refractivity (Wildman–Crippen MR) is 56.5 cm³/mol. The van der Waals surface area contributed by atoms with Crippen molar-refractivity contribution in [2.45, 2.75) is 25.4 Å². The van der Waals surface area contributed by atoms with Gasteiger partial charge in [-0.25, -0.2) is 4.79 Å². The lowest BCUT2D eigenvalue weighted by Gasteiger charge is -2.13. The minimum Gasteiger partial charge on any atom is -0.459 e. The minimum atomic E-state index is -0.165. The Balaban J connectivity index is 1.61. The molecule has 2 fully saturated rings. The molecule has 0 saturated heterocycles.